The highest BCUT2D eigenvalue weighted by Gasteiger charge is 2.34. The second kappa shape index (κ2) is 14.5. The Balaban J connectivity index is 2.11. The molecule has 1 unspecified atom stereocenters. The summed E-state index contributed by atoms with van der Waals surface area (Å²) >= 11 is 13.0. The van der Waals surface area contributed by atoms with Gasteiger partial charge >= 0.3 is 0 Å². The maximum absolute atomic E-state index is 14.2. The fraction of sp³-hybridized carbons (Fsp3) is 0.333. The number of para-hydroxylation sites is 1. The summed E-state index contributed by atoms with van der Waals surface area (Å²) in [5, 5.41) is 3.59. The Kier molecular flexibility index (Phi) is 11.4. The van der Waals surface area contributed by atoms with Crippen LogP contribution in [-0.4, -0.2) is 50.5 Å². The third-order valence-electron chi connectivity index (χ3n) is 6.53. The van der Waals surface area contributed by atoms with Crippen molar-refractivity contribution in [1.82, 2.24) is 10.2 Å². The molecule has 3 rings (SSSR count). The molecular formula is C30H35Cl2N3O4S. The van der Waals surface area contributed by atoms with Gasteiger partial charge in [0.05, 0.1) is 11.9 Å². The largest absolute Gasteiger partial charge is 0.354 e. The number of rotatable bonds is 13. The molecule has 40 heavy (non-hydrogen) atoms. The highest BCUT2D eigenvalue weighted by molar-refractivity contribution is 7.92. The van der Waals surface area contributed by atoms with Gasteiger partial charge in [0, 0.05) is 35.1 Å². The summed E-state index contributed by atoms with van der Waals surface area (Å²) < 4.78 is 27.1. The summed E-state index contributed by atoms with van der Waals surface area (Å²) in [6.45, 7) is 3.71. The van der Waals surface area contributed by atoms with E-state index < -0.39 is 28.5 Å². The Bertz CT molecular complexity index is 1400. The topological polar surface area (TPSA) is 86.8 Å². The Morgan fingerprint density at radius 3 is 2.12 bits per heavy atom. The fourth-order valence-corrected chi connectivity index (χ4v) is 5.82. The number of halogens is 2. The van der Waals surface area contributed by atoms with Crippen LogP contribution in [0.1, 0.15) is 37.0 Å². The van der Waals surface area contributed by atoms with Crippen LogP contribution in [0.2, 0.25) is 10.0 Å². The van der Waals surface area contributed by atoms with E-state index in [9.17, 15) is 18.0 Å². The molecule has 7 nitrogen and oxygen atoms in total. The lowest BCUT2D eigenvalue weighted by Crippen LogP contribution is -2.53. The van der Waals surface area contributed by atoms with E-state index in [1.165, 1.54) is 4.90 Å². The summed E-state index contributed by atoms with van der Waals surface area (Å²) in [5.74, 6) is -0.901. The summed E-state index contributed by atoms with van der Waals surface area (Å²) in [6, 6.07) is 20.5. The Morgan fingerprint density at radius 1 is 0.900 bits per heavy atom. The number of nitrogens with zero attached hydrogens (tertiary/aromatic N) is 2. The average molecular weight is 605 g/mol. The van der Waals surface area contributed by atoms with Gasteiger partial charge in [-0.2, -0.15) is 0 Å². The smallest absolute Gasteiger partial charge is 0.244 e. The quantitative estimate of drug-likeness (QED) is 0.280. The van der Waals surface area contributed by atoms with Crippen molar-refractivity contribution in [3.8, 4) is 0 Å². The van der Waals surface area contributed by atoms with Crippen LogP contribution in [0.4, 0.5) is 5.69 Å². The van der Waals surface area contributed by atoms with Crippen LogP contribution in [0.3, 0.4) is 0 Å². The first-order valence-electron chi connectivity index (χ1n) is 13.2. The van der Waals surface area contributed by atoms with E-state index in [-0.39, 0.29) is 18.9 Å². The van der Waals surface area contributed by atoms with Gasteiger partial charge in [-0.05, 0) is 42.2 Å². The number of aryl methyl sites for hydroxylation is 1. The van der Waals surface area contributed by atoms with Crippen molar-refractivity contribution < 1.29 is 18.0 Å². The molecule has 1 N–H and O–H groups in total. The monoisotopic (exact) mass is 603 g/mol. The number of carbonyl (C=O) groups is 2. The molecule has 0 aromatic heterocycles. The van der Waals surface area contributed by atoms with Crippen molar-refractivity contribution >= 4 is 50.7 Å². The SMILES string of the molecule is CCCNC(=O)C(Cc1ccccc1)N(Cc1c(Cl)cccc1Cl)C(=O)CN(c1ccccc1CC)S(C)(=O)=O. The van der Waals surface area contributed by atoms with Gasteiger partial charge in [0.2, 0.25) is 21.8 Å². The van der Waals surface area contributed by atoms with Gasteiger partial charge in [0.15, 0.2) is 0 Å². The fourth-order valence-electron chi connectivity index (χ4n) is 4.42. The van der Waals surface area contributed by atoms with Crippen molar-refractivity contribution in [3.05, 3.63) is 99.5 Å². The predicted molar refractivity (Wildman–Crippen MR) is 162 cm³/mol. The summed E-state index contributed by atoms with van der Waals surface area (Å²) in [4.78, 5) is 29.1. The number of nitrogens with one attached hydrogen (secondary N) is 1. The minimum atomic E-state index is -3.85. The van der Waals surface area contributed by atoms with Gasteiger partial charge in [-0.15, -0.1) is 0 Å². The first kappa shape index (κ1) is 31.5. The van der Waals surface area contributed by atoms with E-state index >= 15 is 0 Å². The zero-order valence-electron chi connectivity index (χ0n) is 22.9. The number of hydrogen-bond acceptors (Lipinski definition) is 4. The second-order valence-corrected chi connectivity index (χ2v) is 12.2. The molecule has 0 aliphatic carbocycles. The molecule has 2 amide bonds. The molecule has 0 spiro atoms. The van der Waals surface area contributed by atoms with Crippen LogP contribution >= 0.6 is 23.2 Å². The van der Waals surface area contributed by atoms with Gasteiger partial charge in [0.25, 0.3) is 0 Å². The molecule has 214 valence electrons. The second-order valence-electron chi connectivity index (χ2n) is 9.47. The van der Waals surface area contributed by atoms with Gasteiger partial charge in [-0.1, -0.05) is 91.6 Å². The van der Waals surface area contributed by atoms with Crippen LogP contribution < -0.4 is 9.62 Å². The van der Waals surface area contributed by atoms with E-state index in [2.05, 4.69) is 5.32 Å². The third-order valence-corrected chi connectivity index (χ3v) is 8.37. The standard InChI is InChI=1S/C30H35Cl2N3O4S/c1-4-18-33-30(37)28(19-22-12-7-6-8-13-22)34(20-24-25(31)15-11-16-26(24)32)29(36)21-35(40(3,38)39)27-17-10-9-14-23(27)5-2/h6-17,28H,4-5,18-21H2,1-3H3,(H,33,37). The molecule has 0 heterocycles. The maximum Gasteiger partial charge on any atom is 0.244 e. The number of carbonyl (C=O) groups excluding carboxylic acids is 2. The molecule has 0 aliphatic heterocycles. The lowest BCUT2D eigenvalue weighted by atomic mass is 10.0. The Morgan fingerprint density at radius 2 is 1.52 bits per heavy atom. The van der Waals surface area contributed by atoms with Crippen LogP contribution in [0, 0.1) is 0 Å². The highest BCUT2D eigenvalue weighted by atomic mass is 35.5. The lowest BCUT2D eigenvalue weighted by Gasteiger charge is -2.34. The molecule has 10 heteroatoms. The van der Waals surface area contributed by atoms with Crippen molar-refractivity contribution in [2.45, 2.75) is 45.7 Å². The highest BCUT2D eigenvalue weighted by Crippen LogP contribution is 2.28. The van der Waals surface area contributed by atoms with Crippen LogP contribution in [-0.2, 0) is 39.0 Å². The molecular weight excluding hydrogens is 569 g/mol. The molecule has 3 aromatic carbocycles. The Hall–Kier alpha value is -3.07. The van der Waals surface area contributed by atoms with E-state index in [1.54, 1.807) is 30.3 Å². The number of anilines is 1. The molecule has 0 saturated heterocycles. The van der Waals surface area contributed by atoms with E-state index in [0.29, 0.717) is 40.7 Å². The predicted octanol–water partition coefficient (Wildman–Crippen LogP) is 5.49. The van der Waals surface area contributed by atoms with Crippen LogP contribution in [0.15, 0.2) is 72.8 Å². The minimum Gasteiger partial charge on any atom is -0.354 e. The summed E-state index contributed by atoms with van der Waals surface area (Å²) in [7, 11) is -3.85. The summed E-state index contributed by atoms with van der Waals surface area (Å²) in [5.41, 5.74) is 2.52. The summed E-state index contributed by atoms with van der Waals surface area (Å²) in [6.07, 6.45) is 2.57. The molecule has 1 atom stereocenters. The number of hydrogen-bond donors (Lipinski definition) is 1. The van der Waals surface area contributed by atoms with Crippen LogP contribution in [0.25, 0.3) is 0 Å². The van der Waals surface area contributed by atoms with Crippen molar-refractivity contribution in [1.29, 1.82) is 0 Å². The maximum atomic E-state index is 14.2. The molecule has 0 aliphatic rings. The van der Waals surface area contributed by atoms with E-state index in [4.69, 9.17) is 23.2 Å². The van der Waals surface area contributed by atoms with Crippen molar-refractivity contribution in [3.63, 3.8) is 0 Å². The zero-order valence-corrected chi connectivity index (χ0v) is 25.3. The zero-order chi connectivity index (χ0) is 29.3. The first-order chi connectivity index (χ1) is 19.1. The molecule has 0 bridgehead atoms. The number of sulfonamides is 1. The van der Waals surface area contributed by atoms with Crippen molar-refractivity contribution in [2.24, 2.45) is 0 Å². The van der Waals surface area contributed by atoms with E-state index in [1.807, 2.05) is 56.3 Å². The van der Waals surface area contributed by atoms with Gasteiger partial charge < -0.3 is 10.2 Å². The molecule has 0 radical (unpaired) electrons. The van der Waals surface area contributed by atoms with Crippen LogP contribution in [0.5, 0.6) is 0 Å². The number of amides is 2. The molecule has 0 saturated carbocycles. The third kappa shape index (κ3) is 8.22. The minimum absolute atomic E-state index is 0.0819. The molecule has 0 fully saturated rings. The van der Waals surface area contributed by atoms with E-state index in [0.717, 1.165) is 21.7 Å². The Labute approximate surface area is 247 Å². The van der Waals surface area contributed by atoms with Gasteiger partial charge in [-0.3, -0.25) is 13.9 Å². The van der Waals surface area contributed by atoms with Gasteiger partial charge in [-0.25, -0.2) is 8.42 Å². The number of benzene rings is 3. The van der Waals surface area contributed by atoms with Crippen molar-refractivity contribution in [2.75, 3.05) is 23.7 Å². The first-order valence-corrected chi connectivity index (χ1v) is 15.8. The molecule has 3 aromatic rings. The van der Waals surface area contributed by atoms with Gasteiger partial charge in [0.1, 0.15) is 12.6 Å². The normalized spacial score (nSPS) is 12.0. The average Bonchev–Trinajstić information content (AvgIpc) is 2.93. The lowest BCUT2D eigenvalue weighted by molar-refractivity contribution is -0.140.